The van der Waals surface area contributed by atoms with Crippen LogP contribution in [0.15, 0.2) is 174 Å². The summed E-state index contributed by atoms with van der Waals surface area (Å²) in [4.78, 5) is 14.9. The highest BCUT2D eigenvalue weighted by molar-refractivity contribution is 6.13. The average Bonchev–Trinajstić information content (AvgIpc) is 3.74. The van der Waals surface area contributed by atoms with Crippen LogP contribution in [-0.2, 0) is 0 Å². The monoisotopic (exact) mass is 640 g/mol. The second kappa shape index (κ2) is 11.4. The Morgan fingerprint density at radius 2 is 0.980 bits per heavy atom. The van der Waals surface area contributed by atoms with Crippen LogP contribution in [0.4, 0.5) is 0 Å². The fourth-order valence-corrected chi connectivity index (χ4v) is 7.09. The molecule has 0 unspecified atom stereocenters. The van der Waals surface area contributed by atoms with E-state index in [0.29, 0.717) is 17.5 Å². The Labute approximate surface area is 287 Å². The third-order valence-corrected chi connectivity index (χ3v) is 9.45. The highest BCUT2D eigenvalue weighted by Gasteiger charge is 2.18. The first kappa shape index (κ1) is 28.2. The van der Waals surface area contributed by atoms with Crippen molar-refractivity contribution in [3.63, 3.8) is 0 Å². The molecule has 0 aliphatic rings. The minimum absolute atomic E-state index is 0.627. The van der Waals surface area contributed by atoms with Crippen LogP contribution >= 0.6 is 0 Å². The molecule has 0 spiro atoms. The molecule has 10 aromatic rings. The van der Waals surface area contributed by atoms with E-state index in [-0.39, 0.29) is 0 Å². The van der Waals surface area contributed by atoms with E-state index in [4.69, 9.17) is 19.4 Å². The molecule has 5 nitrogen and oxygen atoms in total. The third-order valence-electron chi connectivity index (χ3n) is 9.45. The molecule has 0 atom stereocenters. The van der Waals surface area contributed by atoms with Crippen LogP contribution in [0.3, 0.4) is 0 Å². The molecule has 3 heterocycles. The van der Waals surface area contributed by atoms with Gasteiger partial charge in [-0.3, -0.25) is 0 Å². The van der Waals surface area contributed by atoms with Crippen LogP contribution in [0.25, 0.3) is 94.7 Å². The topological polar surface area (TPSA) is 56.7 Å². The number of nitrogens with zero attached hydrogens (tertiary/aromatic N) is 4. The van der Waals surface area contributed by atoms with Gasteiger partial charge in [-0.2, -0.15) is 0 Å². The van der Waals surface area contributed by atoms with Gasteiger partial charge in [0.2, 0.25) is 0 Å². The molecule has 0 bridgehead atoms. The second-order valence-corrected chi connectivity index (χ2v) is 12.5. The number of rotatable bonds is 5. The van der Waals surface area contributed by atoms with Gasteiger partial charge in [0.1, 0.15) is 11.2 Å². The Morgan fingerprint density at radius 1 is 0.380 bits per heavy atom. The largest absolute Gasteiger partial charge is 0.455 e. The van der Waals surface area contributed by atoms with Gasteiger partial charge >= 0.3 is 0 Å². The lowest BCUT2D eigenvalue weighted by molar-refractivity contribution is 0.670. The molecule has 0 amide bonds. The molecule has 3 aromatic heterocycles. The van der Waals surface area contributed by atoms with E-state index >= 15 is 0 Å². The quantitative estimate of drug-likeness (QED) is 0.188. The molecule has 7 aromatic carbocycles. The van der Waals surface area contributed by atoms with Crippen molar-refractivity contribution < 1.29 is 4.42 Å². The Bertz CT molecular complexity index is 2800. The number of fused-ring (bicyclic) bond motifs is 6. The molecule has 0 saturated heterocycles. The number of para-hydroxylation sites is 3. The van der Waals surface area contributed by atoms with Crippen molar-refractivity contribution in [1.29, 1.82) is 0 Å². The summed E-state index contributed by atoms with van der Waals surface area (Å²) in [6, 6.07) is 58.6. The van der Waals surface area contributed by atoms with Gasteiger partial charge in [0.15, 0.2) is 17.5 Å². The second-order valence-electron chi connectivity index (χ2n) is 12.5. The Hall–Kier alpha value is -6.85. The summed E-state index contributed by atoms with van der Waals surface area (Å²) in [7, 11) is 0. The van der Waals surface area contributed by atoms with Crippen molar-refractivity contribution >= 4 is 43.7 Å². The lowest BCUT2D eigenvalue weighted by Gasteiger charge is -2.10. The maximum atomic E-state index is 6.44. The summed E-state index contributed by atoms with van der Waals surface area (Å²) < 4.78 is 8.77. The van der Waals surface area contributed by atoms with E-state index in [2.05, 4.69) is 102 Å². The highest BCUT2D eigenvalue weighted by atomic mass is 16.3. The lowest BCUT2D eigenvalue weighted by Crippen LogP contribution is -2.00. The molecule has 234 valence electrons. The zero-order chi connectivity index (χ0) is 33.0. The number of benzene rings is 7. The fourth-order valence-electron chi connectivity index (χ4n) is 7.09. The molecule has 0 aliphatic carbocycles. The summed E-state index contributed by atoms with van der Waals surface area (Å²) in [5.74, 6) is 1.91. The predicted octanol–water partition coefficient (Wildman–Crippen LogP) is 11.5. The Balaban J connectivity index is 1.20. The zero-order valence-corrected chi connectivity index (χ0v) is 26.9. The molecular formula is C45H28N4O. The summed E-state index contributed by atoms with van der Waals surface area (Å²) in [6.07, 6.45) is 0. The molecule has 0 fully saturated rings. The first-order chi connectivity index (χ1) is 24.8. The number of hydrogen-bond donors (Lipinski definition) is 0. The molecule has 0 saturated carbocycles. The summed E-state index contributed by atoms with van der Waals surface area (Å²) in [5.41, 5.74) is 10.1. The molecule has 0 radical (unpaired) electrons. The van der Waals surface area contributed by atoms with Crippen molar-refractivity contribution in [2.45, 2.75) is 0 Å². The SMILES string of the molecule is c1ccc(-c2nc(-c3ccccc3)nc(-c3ccc4c5cc(-c6cccc7c6oc6ccccc67)ccc5n(-c5ccccc5)c4c3)n2)cc1. The van der Waals surface area contributed by atoms with Crippen molar-refractivity contribution in [1.82, 2.24) is 19.5 Å². The normalized spacial score (nSPS) is 11.6. The van der Waals surface area contributed by atoms with Crippen molar-refractivity contribution in [2.24, 2.45) is 0 Å². The maximum absolute atomic E-state index is 6.44. The zero-order valence-electron chi connectivity index (χ0n) is 26.9. The van der Waals surface area contributed by atoms with Gasteiger partial charge in [0.05, 0.1) is 11.0 Å². The van der Waals surface area contributed by atoms with E-state index in [9.17, 15) is 0 Å². The minimum atomic E-state index is 0.627. The molecule has 0 N–H and O–H groups in total. The third kappa shape index (κ3) is 4.60. The van der Waals surface area contributed by atoms with Crippen LogP contribution in [-0.4, -0.2) is 19.5 Å². The number of furan rings is 1. The van der Waals surface area contributed by atoms with E-state index in [1.54, 1.807) is 0 Å². The first-order valence-electron chi connectivity index (χ1n) is 16.7. The van der Waals surface area contributed by atoms with Crippen LogP contribution in [0.1, 0.15) is 0 Å². The van der Waals surface area contributed by atoms with E-state index in [1.165, 1.54) is 0 Å². The number of aromatic nitrogens is 4. The summed E-state index contributed by atoms with van der Waals surface area (Å²) in [6.45, 7) is 0. The lowest BCUT2D eigenvalue weighted by atomic mass is 10.00. The Kier molecular flexibility index (Phi) is 6.42. The van der Waals surface area contributed by atoms with E-state index in [1.807, 2.05) is 72.8 Å². The van der Waals surface area contributed by atoms with Gasteiger partial charge in [-0.25, -0.2) is 15.0 Å². The average molecular weight is 641 g/mol. The van der Waals surface area contributed by atoms with Gasteiger partial charge in [-0.15, -0.1) is 0 Å². The van der Waals surface area contributed by atoms with Crippen LogP contribution in [0, 0.1) is 0 Å². The van der Waals surface area contributed by atoms with E-state index in [0.717, 1.165) is 77.2 Å². The maximum Gasteiger partial charge on any atom is 0.164 e. The van der Waals surface area contributed by atoms with Crippen LogP contribution < -0.4 is 0 Å². The molecule has 50 heavy (non-hydrogen) atoms. The van der Waals surface area contributed by atoms with Crippen molar-refractivity contribution in [3.8, 4) is 51.0 Å². The summed E-state index contributed by atoms with van der Waals surface area (Å²) >= 11 is 0. The molecule has 0 aliphatic heterocycles. The van der Waals surface area contributed by atoms with Gasteiger partial charge in [-0.1, -0.05) is 133 Å². The van der Waals surface area contributed by atoms with Gasteiger partial charge in [-0.05, 0) is 42.0 Å². The molecular weight excluding hydrogens is 613 g/mol. The Morgan fingerprint density at radius 3 is 1.70 bits per heavy atom. The number of hydrogen-bond acceptors (Lipinski definition) is 4. The fraction of sp³-hybridized carbons (Fsp3) is 0. The van der Waals surface area contributed by atoms with Crippen molar-refractivity contribution in [2.75, 3.05) is 0 Å². The predicted molar refractivity (Wildman–Crippen MR) is 203 cm³/mol. The van der Waals surface area contributed by atoms with E-state index < -0.39 is 0 Å². The van der Waals surface area contributed by atoms with Crippen molar-refractivity contribution in [3.05, 3.63) is 170 Å². The summed E-state index contributed by atoms with van der Waals surface area (Å²) in [5, 5.41) is 4.55. The van der Waals surface area contributed by atoms with Gasteiger partial charge in [0, 0.05) is 49.5 Å². The standard InChI is InChI=1S/C45H28N4O/c1-4-13-29(14-5-1)43-46-44(30-15-6-2-7-16-30)48-45(47-43)32-23-25-35-38-27-31(24-26-39(38)49(40(35)28-32)33-17-8-3-9-18-33)34-20-12-21-37-36-19-10-11-22-41(36)50-42(34)37/h1-28H. The highest BCUT2D eigenvalue weighted by Crippen LogP contribution is 2.40. The van der Waals surface area contributed by atoms with Gasteiger partial charge < -0.3 is 8.98 Å². The minimum Gasteiger partial charge on any atom is -0.455 e. The molecule has 10 rings (SSSR count). The van der Waals surface area contributed by atoms with Gasteiger partial charge in [0.25, 0.3) is 0 Å². The smallest absolute Gasteiger partial charge is 0.164 e. The van der Waals surface area contributed by atoms with Crippen LogP contribution in [0.2, 0.25) is 0 Å². The first-order valence-corrected chi connectivity index (χ1v) is 16.7. The molecule has 5 heteroatoms. The van der Waals surface area contributed by atoms with Crippen LogP contribution in [0.5, 0.6) is 0 Å².